The molecule has 3 N–H and O–H groups in total. The van der Waals surface area contributed by atoms with E-state index < -0.39 is 5.60 Å². The first-order chi connectivity index (χ1) is 8.72. The molecule has 2 aliphatic rings. The number of benzene rings is 1. The summed E-state index contributed by atoms with van der Waals surface area (Å²) in [7, 11) is 0. The number of hydrogen-bond acceptors (Lipinski definition) is 2. The molecule has 1 aromatic rings. The number of rotatable bonds is 2. The molecule has 1 aromatic carbocycles. The summed E-state index contributed by atoms with van der Waals surface area (Å²) in [4.78, 5) is 0. The Morgan fingerprint density at radius 2 is 1.83 bits per heavy atom. The van der Waals surface area contributed by atoms with Crippen LogP contribution in [0.4, 0.5) is 0 Å². The van der Waals surface area contributed by atoms with Gasteiger partial charge in [-0.3, -0.25) is 0 Å². The molecule has 18 heavy (non-hydrogen) atoms. The van der Waals surface area contributed by atoms with Crippen molar-refractivity contribution in [3.05, 3.63) is 35.4 Å². The van der Waals surface area contributed by atoms with Gasteiger partial charge in [0.25, 0.3) is 0 Å². The van der Waals surface area contributed by atoms with Crippen LogP contribution in [0.1, 0.15) is 49.7 Å². The predicted molar refractivity (Wildman–Crippen MR) is 73.2 cm³/mol. The molecule has 0 saturated heterocycles. The second kappa shape index (κ2) is 4.36. The summed E-state index contributed by atoms with van der Waals surface area (Å²) in [5.74, 6) is 0. The van der Waals surface area contributed by atoms with Gasteiger partial charge in [0, 0.05) is 12.0 Å². The topological polar surface area (TPSA) is 46.2 Å². The highest BCUT2D eigenvalue weighted by molar-refractivity contribution is 5.36. The Morgan fingerprint density at radius 1 is 1.06 bits per heavy atom. The normalized spacial score (nSPS) is 30.1. The van der Waals surface area contributed by atoms with Gasteiger partial charge in [0.15, 0.2) is 0 Å². The van der Waals surface area contributed by atoms with Crippen LogP contribution in [0.5, 0.6) is 0 Å². The van der Waals surface area contributed by atoms with Gasteiger partial charge in [-0.05, 0) is 49.7 Å². The molecule has 0 bridgehead atoms. The molecule has 2 heteroatoms. The highest BCUT2D eigenvalue weighted by atomic mass is 16.3. The van der Waals surface area contributed by atoms with Gasteiger partial charge in [0.2, 0.25) is 0 Å². The van der Waals surface area contributed by atoms with Crippen molar-refractivity contribution in [2.75, 3.05) is 6.54 Å². The lowest BCUT2D eigenvalue weighted by molar-refractivity contribution is -0.135. The molecule has 1 atom stereocenters. The number of fused-ring (bicyclic) bond motifs is 1. The van der Waals surface area contributed by atoms with Crippen molar-refractivity contribution in [3.8, 4) is 0 Å². The van der Waals surface area contributed by atoms with Crippen molar-refractivity contribution in [1.82, 2.24) is 0 Å². The molecule has 0 amide bonds. The van der Waals surface area contributed by atoms with E-state index in [0.717, 1.165) is 37.7 Å². The lowest BCUT2D eigenvalue weighted by atomic mass is 9.55. The molecule has 0 radical (unpaired) electrons. The fourth-order valence-electron chi connectivity index (χ4n) is 3.91. The van der Waals surface area contributed by atoms with Gasteiger partial charge >= 0.3 is 0 Å². The minimum Gasteiger partial charge on any atom is -0.385 e. The van der Waals surface area contributed by atoms with Gasteiger partial charge < -0.3 is 10.8 Å². The summed E-state index contributed by atoms with van der Waals surface area (Å²) in [6.45, 7) is 0.609. The Labute approximate surface area is 109 Å². The summed E-state index contributed by atoms with van der Waals surface area (Å²) in [5, 5.41) is 11.4. The Morgan fingerprint density at radius 3 is 2.50 bits per heavy atom. The first-order valence-electron chi connectivity index (χ1n) is 7.23. The maximum Gasteiger partial charge on any atom is 0.0967 e. The van der Waals surface area contributed by atoms with Crippen molar-refractivity contribution in [2.45, 2.75) is 50.5 Å². The Balaban J connectivity index is 2.10. The van der Waals surface area contributed by atoms with Crippen LogP contribution in [0.15, 0.2) is 24.3 Å². The van der Waals surface area contributed by atoms with E-state index in [1.165, 1.54) is 18.4 Å². The minimum atomic E-state index is -0.687. The zero-order valence-corrected chi connectivity index (χ0v) is 11.0. The molecule has 0 spiro atoms. The summed E-state index contributed by atoms with van der Waals surface area (Å²) in [5.41, 5.74) is 7.77. The van der Waals surface area contributed by atoms with Crippen LogP contribution in [0.2, 0.25) is 0 Å². The molecule has 2 aliphatic carbocycles. The van der Waals surface area contributed by atoms with Crippen LogP contribution in [-0.4, -0.2) is 11.7 Å². The molecule has 0 heterocycles. The maximum atomic E-state index is 11.4. The monoisotopic (exact) mass is 245 g/mol. The van der Waals surface area contributed by atoms with Gasteiger partial charge in [0.1, 0.15) is 0 Å². The third-order valence-electron chi connectivity index (χ3n) is 5.28. The van der Waals surface area contributed by atoms with Gasteiger partial charge in [-0.25, -0.2) is 0 Å². The fourth-order valence-corrected chi connectivity index (χ4v) is 3.91. The Hall–Kier alpha value is -0.860. The fraction of sp³-hybridized carbons (Fsp3) is 0.625. The smallest absolute Gasteiger partial charge is 0.0967 e. The van der Waals surface area contributed by atoms with E-state index in [9.17, 15) is 5.11 Å². The zero-order chi connectivity index (χ0) is 12.6. The highest BCUT2D eigenvalue weighted by Gasteiger charge is 2.54. The van der Waals surface area contributed by atoms with Crippen LogP contribution >= 0.6 is 0 Å². The molecule has 0 aromatic heterocycles. The molecule has 2 nitrogen and oxygen atoms in total. The van der Waals surface area contributed by atoms with Crippen molar-refractivity contribution < 1.29 is 5.11 Å². The summed E-state index contributed by atoms with van der Waals surface area (Å²) >= 11 is 0. The van der Waals surface area contributed by atoms with Crippen LogP contribution in [-0.2, 0) is 12.0 Å². The third-order valence-corrected chi connectivity index (χ3v) is 5.28. The molecule has 1 unspecified atom stereocenters. The SMILES string of the molecule is NCC1(C2(O)CCCCc3ccccc32)CCC1. The van der Waals surface area contributed by atoms with E-state index in [0.29, 0.717) is 6.54 Å². The third kappa shape index (κ3) is 1.55. The van der Waals surface area contributed by atoms with Gasteiger partial charge in [0.05, 0.1) is 5.60 Å². The minimum absolute atomic E-state index is 0.0621. The van der Waals surface area contributed by atoms with Crippen LogP contribution in [0, 0.1) is 5.41 Å². The van der Waals surface area contributed by atoms with E-state index in [4.69, 9.17) is 5.73 Å². The molecular weight excluding hydrogens is 222 g/mol. The first-order valence-corrected chi connectivity index (χ1v) is 7.23. The molecular formula is C16H23NO. The lowest BCUT2D eigenvalue weighted by Gasteiger charge is -2.53. The lowest BCUT2D eigenvalue weighted by Crippen LogP contribution is -2.54. The van der Waals surface area contributed by atoms with E-state index in [1.54, 1.807) is 0 Å². The predicted octanol–water partition coefficient (Wildman–Crippen LogP) is 2.73. The van der Waals surface area contributed by atoms with E-state index in [2.05, 4.69) is 24.3 Å². The average Bonchev–Trinajstić information content (AvgIpc) is 2.50. The number of nitrogens with two attached hydrogens (primary N) is 1. The summed E-state index contributed by atoms with van der Waals surface area (Å²) in [6, 6.07) is 8.43. The second-order valence-electron chi connectivity index (χ2n) is 6.06. The standard InChI is InChI=1S/C16H23NO/c17-12-15(9-5-10-15)16(18)11-4-3-7-13-6-1-2-8-14(13)16/h1-2,6,8,18H,3-5,7,9-12,17H2. The van der Waals surface area contributed by atoms with Crippen LogP contribution < -0.4 is 5.73 Å². The molecule has 98 valence electrons. The molecule has 0 aliphatic heterocycles. The largest absolute Gasteiger partial charge is 0.385 e. The second-order valence-corrected chi connectivity index (χ2v) is 6.06. The van der Waals surface area contributed by atoms with E-state index in [1.807, 2.05) is 0 Å². The molecule has 1 saturated carbocycles. The highest BCUT2D eigenvalue weighted by Crippen LogP contribution is 2.56. The van der Waals surface area contributed by atoms with Crippen molar-refractivity contribution in [1.29, 1.82) is 0 Å². The van der Waals surface area contributed by atoms with Crippen LogP contribution in [0.25, 0.3) is 0 Å². The number of aryl methyl sites for hydroxylation is 1. The van der Waals surface area contributed by atoms with E-state index >= 15 is 0 Å². The molecule has 3 rings (SSSR count). The maximum absolute atomic E-state index is 11.4. The van der Waals surface area contributed by atoms with Crippen LogP contribution in [0.3, 0.4) is 0 Å². The van der Waals surface area contributed by atoms with Gasteiger partial charge in [-0.2, -0.15) is 0 Å². The zero-order valence-electron chi connectivity index (χ0n) is 11.0. The average molecular weight is 245 g/mol. The van der Waals surface area contributed by atoms with E-state index in [-0.39, 0.29) is 5.41 Å². The number of hydrogen-bond donors (Lipinski definition) is 2. The van der Waals surface area contributed by atoms with Crippen molar-refractivity contribution in [2.24, 2.45) is 11.1 Å². The Bertz CT molecular complexity index is 433. The number of aliphatic hydroxyl groups is 1. The summed E-state index contributed by atoms with van der Waals surface area (Å²) in [6.07, 6.45) is 7.62. The Kier molecular flexibility index (Phi) is 2.95. The van der Waals surface area contributed by atoms with Gasteiger partial charge in [-0.15, -0.1) is 0 Å². The molecule has 1 fully saturated rings. The quantitative estimate of drug-likeness (QED) is 0.787. The summed E-state index contributed by atoms with van der Waals surface area (Å²) < 4.78 is 0. The van der Waals surface area contributed by atoms with Gasteiger partial charge in [-0.1, -0.05) is 30.7 Å². The van der Waals surface area contributed by atoms with Crippen molar-refractivity contribution >= 4 is 0 Å². The van der Waals surface area contributed by atoms with Crippen molar-refractivity contribution in [3.63, 3.8) is 0 Å². The first kappa shape index (κ1) is 12.2.